The van der Waals surface area contributed by atoms with Crippen LogP contribution in [0.4, 0.5) is 5.69 Å². The lowest BCUT2D eigenvalue weighted by molar-refractivity contribution is -0.169. The van der Waals surface area contributed by atoms with Gasteiger partial charge in [0.25, 0.3) is 0 Å². The number of carbonyl (C=O) groups is 2. The topological polar surface area (TPSA) is 78.9 Å². The van der Waals surface area contributed by atoms with Crippen LogP contribution < -0.4 is 15.0 Å². The summed E-state index contributed by atoms with van der Waals surface area (Å²) in [6.07, 6.45) is 6.70. The fourth-order valence-corrected chi connectivity index (χ4v) is 7.60. The van der Waals surface area contributed by atoms with E-state index in [0.29, 0.717) is 37.0 Å². The van der Waals surface area contributed by atoms with E-state index in [0.717, 1.165) is 43.5 Å². The first-order valence-corrected chi connectivity index (χ1v) is 12.5. The van der Waals surface area contributed by atoms with Crippen LogP contribution in [-0.2, 0) is 9.59 Å². The second-order valence-corrected chi connectivity index (χ2v) is 11.2. The van der Waals surface area contributed by atoms with Gasteiger partial charge in [0.05, 0.1) is 11.6 Å². The van der Waals surface area contributed by atoms with Crippen molar-refractivity contribution >= 4 is 17.5 Å². The van der Waals surface area contributed by atoms with Gasteiger partial charge >= 0.3 is 0 Å². The number of benzene rings is 2. The number of carbonyl (C=O) groups excluding carboxylic acids is 2. The van der Waals surface area contributed by atoms with E-state index in [1.807, 2.05) is 54.6 Å². The molecule has 2 aromatic carbocycles. The molecule has 178 valence electrons. The van der Waals surface area contributed by atoms with Crippen LogP contribution in [0.15, 0.2) is 54.6 Å². The van der Waals surface area contributed by atoms with Crippen molar-refractivity contribution in [2.45, 2.75) is 63.0 Å². The van der Waals surface area contributed by atoms with E-state index < -0.39 is 5.60 Å². The third-order valence-electron chi connectivity index (χ3n) is 8.30. The minimum absolute atomic E-state index is 0.0196. The molecule has 3 unspecified atom stereocenters. The minimum atomic E-state index is -0.555. The molecule has 3 atom stereocenters. The Kier molecular flexibility index (Phi) is 5.17. The van der Waals surface area contributed by atoms with E-state index in [2.05, 4.69) is 5.32 Å². The lowest BCUT2D eigenvalue weighted by atomic mass is 9.47. The summed E-state index contributed by atoms with van der Waals surface area (Å²) in [7, 11) is 0. The summed E-state index contributed by atoms with van der Waals surface area (Å²) in [5.41, 5.74) is 0.200. The zero-order valence-corrected chi connectivity index (χ0v) is 19.4. The number of aliphatic hydroxyl groups is 1. The molecule has 4 aliphatic carbocycles. The zero-order valence-electron chi connectivity index (χ0n) is 19.4. The number of anilines is 1. The van der Waals surface area contributed by atoms with Crippen molar-refractivity contribution in [2.75, 3.05) is 11.4 Å². The number of ether oxygens (including phenoxy) is 1. The van der Waals surface area contributed by atoms with E-state index in [4.69, 9.17) is 4.74 Å². The first-order valence-electron chi connectivity index (χ1n) is 12.5. The smallest absolute Gasteiger partial charge is 0.229 e. The Bertz CT molecular complexity index is 1070. The predicted octanol–water partition coefficient (Wildman–Crippen LogP) is 4.42. The molecule has 0 radical (unpaired) electrons. The van der Waals surface area contributed by atoms with Crippen molar-refractivity contribution in [3.8, 4) is 11.5 Å². The van der Waals surface area contributed by atoms with Crippen LogP contribution in [0.1, 0.15) is 51.4 Å². The maximum atomic E-state index is 13.0. The number of hydrogen-bond acceptors (Lipinski definition) is 4. The van der Waals surface area contributed by atoms with Gasteiger partial charge in [-0.05, 0) is 92.2 Å². The number of hydrogen-bond donors (Lipinski definition) is 2. The van der Waals surface area contributed by atoms with Gasteiger partial charge in [0.2, 0.25) is 11.8 Å². The largest absolute Gasteiger partial charge is 0.457 e. The summed E-state index contributed by atoms with van der Waals surface area (Å²) >= 11 is 0. The molecule has 2 N–H and O–H groups in total. The Hall–Kier alpha value is -2.86. The highest BCUT2D eigenvalue weighted by Crippen LogP contribution is 2.62. The molecule has 6 nitrogen and oxygen atoms in total. The Balaban J connectivity index is 1.06. The molecule has 4 bridgehead atoms. The van der Waals surface area contributed by atoms with Gasteiger partial charge in [-0.1, -0.05) is 18.2 Å². The molecule has 7 rings (SSSR count). The van der Waals surface area contributed by atoms with Gasteiger partial charge in [0, 0.05) is 25.1 Å². The second kappa shape index (κ2) is 8.12. The number of amides is 2. The second-order valence-electron chi connectivity index (χ2n) is 11.2. The molecule has 2 aromatic rings. The van der Waals surface area contributed by atoms with Crippen molar-refractivity contribution in [3.05, 3.63) is 54.6 Å². The van der Waals surface area contributed by atoms with Crippen LogP contribution in [0.2, 0.25) is 0 Å². The fourth-order valence-electron chi connectivity index (χ4n) is 7.60. The highest BCUT2D eigenvalue weighted by Gasteiger charge is 2.57. The summed E-state index contributed by atoms with van der Waals surface area (Å²) in [5, 5.41) is 14.1. The van der Waals surface area contributed by atoms with Crippen LogP contribution in [-0.4, -0.2) is 35.1 Å². The Morgan fingerprint density at radius 3 is 2.35 bits per heavy atom. The zero-order chi connectivity index (χ0) is 23.3. The molecular weight excluding hydrogens is 428 g/mol. The van der Waals surface area contributed by atoms with E-state index in [1.165, 1.54) is 6.42 Å². The molecular formula is C28H32N2O4. The molecule has 5 fully saturated rings. The molecule has 1 aliphatic heterocycles. The number of rotatable bonds is 6. The lowest BCUT2D eigenvalue weighted by Crippen LogP contribution is -2.56. The van der Waals surface area contributed by atoms with Crippen molar-refractivity contribution < 1.29 is 19.4 Å². The van der Waals surface area contributed by atoms with Crippen molar-refractivity contribution in [3.63, 3.8) is 0 Å². The van der Waals surface area contributed by atoms with Gasteiger partial charge in [-0.25, -0.2) is 0 Å². The van der Waals surface area contributed by atoms with Gasteiger partial charge in [-0.15, -0.1) is 0 Å². The summed E-state index contributed by atoms with van der Waals surface area (Å²) in [6.45, 7) is 0.478. The third kappa shape index (κ3) is 4.20. The molecule has 1 heterocycles. The molecule has 5 aliphatic rings. The molecule has 2 amide bonds. The lowest BCUT2D eigenvalue weighted by Gasteiger charge is -2.60. The minimum Gasteiger partial charge on any atom is -0.457 e. The van der Waals surface area contributed by atoms with Gasteiger partial charge < -0.3 is 20.1 Å². The molecule has 0 spiro atoms. The molecule has 4 saturated carbocycles. The fraction of sp³-hybridized carbons (Fsp3) is 0.500. The Labute approximate surface area is 200 Å². The highest BCUT2D eigenvalue weighted by atomic mass is 16.5. The number of nitrogens with one attached hydrogen (secondary N) is 1. The standard InChI is InChI=1S/C28H32N2O4/c31-25(16-27-12-19-10-20(13-27)15-28(33,14-19)18-27)29-21-11-26(32)30(17-21)22-6-8-24(9-7-22)34-23-4-2-1-3-5-23/h1-9,19-21,33H,10-18H2,(H,29,31). The molecule has 34 heavy (non-hydrogen) atoms. The van der Waals surface area contributed by atoms with Gasteiger partial charge in [-0.3, -0.25) is 9.59 Å². The van der Waals surface area contributed by atoms with E-state index >= 15 is 0 Å². The summed E-state index contributed by atoms with van der Waals surface area (Å²) in [4.78, 5) is 27.5. The van der Waals surface area contributed by atoms with Gasteiger partial charge in [-0.2, -0.15) is 0 Å². The van der Waals surface area contributed by atoms with Crippen LogP contribution in [0.25, 0.3) is 0 Å². The van der Waals surface area contributed by atoms with E-state index in [-0.39, 0.29) is 23.3 Å². The van der Waals surface area contributed by atoms with Crippen molar-refractivity contribution in [2.24, 2.45) is 17.3 Å². The highest BCUT2D eigenvalue weighted by molar-refractivity contribution is 5.97. The molecule has 0 aromatic heterocycles. The predicted molar refractivity (Wildman–Crippen MR) is 129 cm³/mol. The van der Waals surface area contributed by atoms with Crippen LogP contribution in [0.5, 0.6) is 11.5 Å². The maximum Gasteiger partial charge on any atom is 0.229 e. The van der Waals surface area contributed by atoms with Gasteiger partial charge in [0.15, 0.2) is 0 Å². The first kappa shape index (κ1) is 21.7. The number of para-hydroxylation sites is 1. The van der Waals surface area contributed by atoms with Crippen molar-refractivity contribution in [1.82, 2.24) is 5.32 Å². The summed E-state index contributed by atoms with van der Waals surface area (Å²) in [5.74, 6) is 2.65. The SMILES string of the molecule is O=C(CC12CC3CC(CC(O)(C3)C1)C2)NC1CC(=O)N(c2ccc(Oc3ccccc3)cc2)C1. The van der Waals surface area contributed by atoms with Crippen LogP contribution in [0, 0.1) is 17.3 Å². The van der Waals surface area contributed by atoms with Crippen molar-refractivity contribution in [1.29, 1.82) is 0 Å². The van der Waals surface area contributed by atoms with Crippen LogP contribution >= 0.6 is 0 Å². The van der Waals surface area contributed by atoms with E-state index in [1.54, 1.807) is 4.90 Å². The number of nitrogens with zero attached hydrogens (tertiary/aromatic N) is 1. The monoisotopic (exact) mass is 460 g/mol. The van der Waals surface area contributed by atoms with E-state index in [9.17, 15) is 14.7 Å². The Morgan fingerprint density at radius 2 is 1.68 bits per heavy atom. The average Bonchev–Trinajstić information content (AvgIpc) is 3.12. The maximum absolute atomic E-state index is 13.0. The first-order chi connectivity index (χ1) is 16.4. The molecule has 6 heteroatoms. The van der Waals surface area contributed by atoms with Gasteiger partial charge in [0.1, 0.15) is 11.5 Å². The quantitative estimate of drug-likeness (QED) is 0.669. The molecule has 1 saturated heterocycles. The normalized spacial score (nSPS) is 33.9. The summed E-state index contributed by atoms with van der Waals surface area (Å²) in [6, 6.07) is 16.9. The summed E-state index contributed by atoms with van der Waals surface area (Å²) < 4.78 is 5.84. The third-order valence-corrected chi connectivity index (χ3v) is 8.30. The Morgan fingerprint density at radius 1 is 1.00 bits per heavy atom. The van der Waals surface area contributed by atoms with Crippen LogP contribution in [0.3, 0.4) is 0 Å². The average molecular weight is 461 g/mol.